The standard InChI is InChI=1S/C15H14N6/c1-13(2)7-14(3)10(6-18)11(20)15(13,8-19)12(21-14)9(4-16)5-17/h10,20-21H,7H2,1-3H3/t10-,14-,15+/m0/s1. The van der Waals surface area contributed by atoms with Gasteiger partial charge in [-0.2, -0.15) is 21.0 Å². The van der Waals surface area contributed by atoms with Gasteiger partial charge in [-0.15, -0.1) is 0 Å². The van der Waals surface area contributed by atoms with Crippen molar-refractivity contribution in [2.24, 2.45) is 16.7 Å². The van der Waals surface area contributed by atoms with Gasteiger partial charge in [0.2, 0.25) is 0 Å². The molecule has 104 valence electrons. The lowest BCUT2D eigenvalue weighted by Gasteiger charge is -2.61. The van der Waals surface area contributed by atoms with Gasteiger partial charge in [0, 0.05) is 0 Å². The molecule has 0 radical (unpaired) electrons. The number of nitriles is 4. The maximum Gasteiger partial charge on any atom is 0.150 e. The molecule has 0 spiro atoms. The van der Waals surface area contributed by atoms with Crippen LogP contribution in [0.25, 0.3) is 0 Å². The third kappa shape index (κ3) is 1.45. The van der Waals surface area contributed by atoms with Crippen LogP contribution in [0.15, 0.2) is 11.3 Å². The van der Waals surface area contributed by atoms with Crippen LogP contribution < -0.4 is 5.32 Å². The van der Waals surface area contributed by atoms with Crippen LogP contribution in [0.3, 0.4) is 0 Å². The second-order valence-electron chi connectivity index (χ2n) is 6.41. The van der Waals surface area contributed by atoms with Crippen molar-refractivity contribution >= 4 is 5.71 Å². The zero-order valence-corrected chi connectivity index (χ0v) is 12.1. The minimum atomic E-state index is -1.44. The Balaban J connectivity index is 2.91. The number of nitrogens with zero attached hydrogens (tertiary/aromatic N) is 4. The van der Waals surface area contributed by atoms with E-state index in [9.17, 15) is 10.5 Å². The highest BCUT2D eigenvalue weighted by atomic mass is 15.1. The van der Waals surface area contributed by atoms with Crippen molar-refractivity contribution in [2.45, 2.75) is 32.7 Å². The van der Waals surface area contributed by atoms with Crippen LogP contribution in [0.5, 0.6) is 0 Å². The lowest BCUT2D eigenvalue weighted by atomic mass is 9.45. The molecule has 0 amide bonds. The quantitative estimate of drug-likeness (QED) is 0.651. The van der Waals surface area contributed by atoms with Gasteiger partial charge in [-0.25, -0.2) is 0 Å². The van der Waals surface area contributed by atoms with Gasteiger partial charge in [0.1, 0.15) is 23.5 Å². The van der Waals surface area contributed by atoms with Crippen LogP contribution in [-0.2, 0) is 0 Å². The van der Waals surface area contributed by atoms with Crippen molar-refractivity contribution in [2.75, 3.05) is 0 Å². The summed E-state index contributed by atoms with van der Waals surface area (Å²) >= 11 is 0. The van der Waals surface area contributed by atoms with Crippen LogP contribution in [-0.4, -0.2) is 11.3 Å². The van der Waals surface area contributed by atoms with Gasteiger partial charge in [-0.1, -0.05) is 13.8 Å². The van der Waals surface area contributed by atoms with E-state index >= 15 is 0 Å². The summed E-state index contributed by atoms with van der Waals surface area (Å²) in [6.45, 7) is 5.47. The number of piperidine rings is 2. The summed E-state index contributed by atoms with van der Waals surface area (Å²) < 4.78 is 0. The summed E-state index contributed by atoms with van der Waals surface area (Å²) in [7, 11) is 0. The summed E-state index contributed by atoms with van der Waals surface area (Å²) in [5.74, 6) is -0.757. The molecule has 2 bridgehead atoms. The average molecular weight is 278 g/mol. The molecule has 6 heteroatoms. The molecule has 0 aromatic rings. The fraction of sp³-hybridized carbons (Fsp3) is 0.533. The first kappa shape index (κ1) is 14.6. The van der Waals surface area contributed by atoms with Crippen LogP contribution >= 0.6 is 0 Å². The van der Waals surface area contributed by atoms with Gasteiger partial charge in [0.15, 0.2) is 5.57 Å². The topological polar surface area (TPSA) is 131 Å². The first-order chi connectivity index (χ1) is 9.74. The smallest absolute Gasteiger partial charge is 0.150 e. The minimum absolute atomic E-state index is 0.0250. The number of hydrogen-bond donors (Lipinski definition) is 2. The number of hydrogen-bond acceptors (Lipinski definition) is 6. The Morgan fingerprint density at radius 1 is 1.19 bits per heavy atom. The van der Waals surface area contributed by atoms with E-state index in [1.54, 1.807) is 19.1 Å². The summed E-state index contributed by atoms with van der Waals surface area (Å²) in [6, 6.07) is 7.82. The Labute approximate surface area is 123 Å². The number of nitrogens with one attached hydrogen (secondary N) is 2. The van der Waals surface area contributed by atoms with E-state index in [4.69, 9.17) is 15.9 Å². The molecule has 2 aliphatic heterocycles. The van der Waals surface area contributed by atoms with E-state index < -0.39 is 22.3 Å². The zero-order valence-electron chi connectivity index (χ0n) is 12.1. The first-order valence-corrected chi connectivity index (χ1v) is 6.47. The second-order valence-corrected chi connectivity index (χ2v) is 6.41. The van der Waals surface area contributed by atoms with Gasteiger partial charge >= 0.3 is 0 Å². The normalized spacial score (nSPS) is 35.7. The van der Waals surface area contributed by atoms with Gasteiger partial charge < -0.3 is 10.7 Å². The Kier molecular flexibility index (Phi) is 2.83. The van der Waals surface area contributed by atoms with Crippen LogP contribution in [0.4, 0.5) is 0 Å². The maximum atomic E-state index is 9.79. The highest BCUT2D eigenvalue weighted by Gasteiger charge is 2.68. The predicted octanol–water partition coefficient (Wildman–Crippen LogP) is 1.75. The Hall–Kier alpha value is -2.83. The van der Waals surface area contributed by atoms with Crippen molar-refractivity contribution in [1.29, 1.82) is 26.5 Å². The van der Waals surface area contributed by atoms with E-state index in [1.807, 2.05) is 13.8 Å². The van der Waals surface area contributed by atoms with Gasteiger partial charge in [0.25, 0.3) is 0 Å². The molecule has 0 aromatic carbocycles. The Morgan fingerprint density at radius 2 is 1.76 bits per heavy atom. The van der Waals surface area contributed by atoms with Gasteiger partial charge in [0.05, 0.1) is 29.1 Å². The summed E-state index contributed by atoms with van der Waals surface area (Å²) in [4.78, 5) is 0. The number of fused-ring (bicyclic) bond motifs is 3. The lowest BCUT2D eigenvalue weighted by Crippen LogP contribution is -2.72. The molecule has 3 atom stereocenters. The fourth-order valence-corrected chi connectivity index (χ4v) is 3.88. The Bertz CT molecular complexity index is 713. The molecular formula is C15H14N6. The lowest BCUT2D eigenvalue weighted by molar-refractivity contribution is 0.0572. The monoisotopic (exact) mass is 278 g/mol. The van der Waals surface area contributed by atoms with Crippen molar-refractivity contribution in [3.05, 3.63) is 11.3 Å². The van der Waals surface area contributed by atoms with Gasteiger partial charge in [-0.05, 0) is 18.8 Å². The van der Waals surface area contributed by atoms with Crippen molar-refractivity contribution in [3.63, 3.8) is 0 Å². The molecule has 0 unspecified atom stereocenters. The van der Waals surface area contributed by atoms with Crippen molar-refractivity contribution in [1.82, 2.24) is 5.32 Å². The molecule has 3 rings (SSSR count). The largest absolute Gasteiger partial charge is 0.378 e. The molecule has 1 aliphatic carbocycles. The van der Waals surface area contributed by atoms with Gasteiger partial charge in [-0.3, -0.25) is 0 Å². The maximum absolute atomic E-state index is 9.79. The van der Waals surface area contributed by atoms with Crippen LogP contribution in [0.1, 0.15) is 27.2 Å². The van der Waals surface area contributed by atoms with Crippen molar-refractivity contribution < 1.29 is 0 Å². The SMILES string of the molecule is CC1(C)C[C@]2(C)NC(=C(C#N)C#N)[C@@]1(C#N)C(=N)[C@@H]2C#N. The third-order valence-electron chi connectivity index (χ3n) is 4.71. The molecule has 2 N–H and O–H groups in total. The average Bonchev–Trinajstić information content (AvgIpc) is 2.38. The Morgan fingerprint density at radius 3 is 2.19 bits per heavy atom. The summed E-state index contributed by atoms with van der Waals surface area (Å²) in [5.41, 5.74) is -2.90. The van der Waals surface area contributed by atoms with E-state index in [1.165, 1.54) is 0 Å². The molecule has 3 fully saturated rings. The summed E-state index contributed by atoms with van der Waals surface area (Å²) in [6.07, 6.45) is 0.502. The molecule has 2 heterocycles. The number of allylic oxidation sites excluding steroid dienone is 2. The molecule has 6 nitrogen and oxygen atoms in total. The van der Waals surface area contributed by atoms with Crippen molar-refractivity contribution in [3.8, 4) is 24.3 Å². The fourth-order valence-electron chi connectivity index (χ4n) is 3.88. The van der Waals surface area contributed by atoms with E-state index in [-0.39, 0.29) is 17.0 Å². The van der Waals surface area contributed by atoms with Crippen LogP contribution in [0, 0.1) is 67.5 Å². The molecule has 21 heavy (non-hydrogen) atoms. The van der Waals surface area contributed by atoms with E-state index in [2.05, 4.69) is 17.5 Å². The first-order valence-electron chi connectivity index (χ1n) is 6.47. The van der Waals surface area contributed by atoms with Crippen LogP contribution in [0.2, 0.25) is 0 Å². The molecule has 3 aliphatic rings. The van der Waals surface area contributed by atoms with E-state index in [0.29, 0.717) is 6.42 Å². The molecular weight excluding hydrogens is 264 g/mol. The zero-order chi connectivity index (χ0) is 16.1. The third-order valence-corrected chi connectivity index (χ3v) is 4.71. The minimum Gasteiger partial charge on any atom is -0.378 e. The number of rotatable bonds is 0. The van der Waals surface area contributed by atoms with E-state index in [0.717, 1.165) is 0 Å². The summed E-state index contributed by atoms with van der Waals surface area (Å²) in [5, 5.41) is 49.0. The molecule has 2 saturated heterocycles. The second kappa shape index (κ2) is 4.08. The molecule has 1 saturated carbocycles. The molecule has 0 aromatic heterocycles. The predicted molar refractivity (Wildman–Crippen MR) is 73.1 cm³/mol. The highest BCUT2D eigenvalue weighted by molar-refractivity contribution is 6.01. The highest BCUT2D eigenvalue weighted by Crippen LogP contribution is 2.61.